The van der Waals surface area contributed by atoms with Crippen molar-refractivity contribution in [3.63, 3.8) is 0 Å². The molecule has 0 aliphatic carbocycles. The fourth-order valence-electron chi connectivity index (χ4n) is 2.74. The minimum Gasteiger partial charge on any atom is -0.358 e. The highest BCUT2D eigenvalue weighted by Gasteiger charge is 2.51. The predicted molar refractivity (Wildman–Crippen MR) is 90.1 cm³/mol. The monoisotopic (exact) mass is 312 g/mol. The van der Waals surface area contributed by atoms with Gasteiger partial charge in [-0.05, 0) is 31.0 Å². The van der Waals surface area contributed by atoms with Crippen molar-refractivity contribution in [3.05, 3.63) is 66.2 Å². The highest BCUT2D eigenvalue weighted by atomic mass is 32.2. The normalized spacial score (nSPS) is 28.0. The van der Waals surface area contributed by atoms with Crippen LogP contribution in [0.3, 0.4) is 0 Å². The molecule has 0 radical (unpaired) electrons. The Balaban J connectivity index is 1.94. The van der Waals surface area contributed by atoms with Crippen molar-refractivity contribution in [3.8, 4) is 0 Å². The Kier molecular flexibility index (Phi) is 4.37. The SMILES string of the molecule is CCC1(C)O[C@H](c2ccccc2)[C@@H](Sc2ccccc2)C1=O. The summed E-state index contributed by atoms with van der Waals surface area (Å²) < 4.78 is 6.21. The Morgan fingerprint density at radius 2 is 1.64 bits per heavy atom. The van der Waals surface area contributed by atoms with E-state index in [0.717, 1.165) is 10.5 Å². The van der Waals surface area contributed by atoms with Gasteiger partial charge < -0.3 is 4.74 Å². The van der Waals surface area contributed by atoms with Gasteiger partial charge in [0, 0.05) is 4.90 Å². The Bertz CT molecular complexity index is 641. The minimum absolute atomic E-state index is 0.191. The van der Waals surface area contributed by atoms with Gasteiger partial charge in [0.05, 0.1) is 0 Å². The second-order valence-corrected chi connectivity index (χ2v) is 6.96. The number of carbonyl (C=O) groups excluding carboxylic acids is 1. The molecule has 3 heteroatoms. The molecule has 1 aliphatic heterocycles. The number of ketones is 1. The first-order valence-corrected chi connectivity index (χ1v) is 8.51. The number of ether oxygens (including phenoxy) is 1. The Morgan fingerprint density at radius 3 is 2.23 bits per heavy atom. The van der Waals surface area contributed by atoms with Crippen LogP contribution in [0.1, 0.15) is 31.9 Å². The molecule has 1 heterocycles. The first kappa shape index (κ1) is 15.3. The van der Waals surface area contributed by atoms with Crippen molar-refractivity contribution in [2.75, 3.05) is 0 Å². The summed E-state index contributed by atoms with van der Waals surface area (Å²) in [5, 5.41) is -0.199. The number of hydrogen-bond donors (Lipinski definition) is 0. The number of thioether (sulfide) groups is 1. The second kappa shape index (κ2) is 6.27. The van der Waals surface area contributed by atoms with Gasteiger partial charge in [0.15, 0.2) is 5.78 Å². The first-order chi connectivity index (χ1) is 10.6. The van der Waals surface area contributed by atoms with E-state index in [1.54, 1.807) is 11.8 Å². The van der Waals surface area contributed by atoms with Crippen LogP contribution in [0.25, 0.3) is 0 Å². The van der Waals surface area contributed by atoms with Crippen molar-refractivity contribution in [2.24, 2.45) is 0 Å². The molecule has 2 aromatic carbocycles. The van der Waals surface area contributed by atoms with E-state index in [9.17, 15) is 4.79 Å². The van der Waals surface area contributed by atoms with Crippen LogP contribution >= 0.6 is 11.8 Å². The van der Waals surface area contributed by atoms with Gasteiger partial charge in [-0.15, -0.1) is 11.8 Å². The van der Waals surface area contributed by atoms with Gasteiger partial charge in [-0.25, -0.2) is 0 Å². The Labute approximate surface area is 135 Å². The number of rotatable bonds is 4. The summed E-state index contributed by atoms with van der Waals surface area (Å²) in [4.78, 5) is 14.0. The summed E-state index contributed by atoms with van der Waals surface area (Å²) in [5.74, 6) is 0.192. The molecule has 114 valence electrons. The van der Waals surface area contributed by atoms with Crippen molar-refractivity contribution < 1.29 is 9.53 Å². The predicted octanol–water partition coefficient (Wildman–Crippen LogP) is 4.66. The standard InChI is InChI=1S/C19H20O2S/c1-3-19(2)18(20)17(22-15-12-8-5-9-13-15)16(21-19)14-10-6-4-7-11-14/h4-13,16-17H,3H2,1-2H3/t16-,17-,19?/m1/s1. The molecule has 1 saturated heterocycles. The lowest BCUT2D eigenvalue weighted by molar-refractivity contribution is -0.131. The first-order valence-electron chi connectivity index (χ1n) is 7.63. The van der Waals surface area contributed by atoms with Gasteiger partial charge in [-0.2, -0.15) is 0 Å². The van der Waals surface area contributed by atoms with E-state index in [2.05, 4.69) is 0 Å². The van der Waals surface area contributed by atoms with E-state index in [1.165, 1.54) is 0 Å². The van der Waals surface area contributed by atoms with E-state index in [-0.39, 0.29) is 17.1 Å². The van der Waals surface area contributed by atoms with Gasteiger partial charge in [-0.3, -0.25) is 4.79 Å². The van der Waals surface area contributed by atoms with Gasteiger partial charge in [-0.1, -0.05) is 55.5 Å². The van der Waals surface area contributed by atoms with Gasteiger partial charge in [0.25, 0.3) is 0 Å². The van der Waals surface area contributed by atoms with Crippen LogP contribution in [0.5, 0.6) is 0 Å². The molecule has 0 saturated carbocycles. The highest BCUT2D eigenvalue weighted by molar-refractivity contribution is 8.00. The molecule has 1 fully saturated rings. The molecular weight excluding hydrogens is 292 g/mol. The van der Waals surface area contributed by atoms with Crippen molar-refractivity contribution in [1.29, 1.82) is 0 Å². The highest BCUT2D eigenvalue weighted by Crippen LogP contribution is 2.46. The molecule has 0 spiro atoms. The lowest BCUT2D eigenvalue weighted by Gasteiger charge is -2.21. The Morgan fingerprint density at radius 1 is 1.05 bits per heavy atom. The summed E-state index contributed by atoms with van der Waals surface area (Å²) >= 11 is 1.61. The molecule has 0 N–H and O–H groups in total. The summed E-state index contributed by atoms with van der Waals surface area (Å²) in [6, 6.07) is 20.1. The quantitative estimate of drug-likeness (QED) is 0.821. The average Bonchev–Trinajstić information content (AvgIpc) is 2.82. The number of hydrogen-bond acceptors (Lipinski definition) is 3. The third-order valence-electron chi connectivity index (χ3n) is 4.25. The second-order valence-electron chi connectivity index (χ2n) is 5.75. The third kappa shape index (κ3) is 2.83. The fourth-order valence-corrected chi connectivity index (χ4v) is 4.04. The van der Waals surface area contributed by atoms with Crippen molar-refractivity contribution in [2.45, 2.75) is 42.1 Å². The zero-order valence-electron chi connectivity index (χ0n) is 12.9. The lowest BCUT2D eigenvalue weighted by atomic mass is 9.96. The van der Waals surface area contributed by atoms with Crippen LogP contribution in [0.4, 0.5) is 0 Å². The zero-order valence-corrected chi connectivity index (χ0v) is 13.7. The molecule has 0 bridgehead atoms. The average molecular weight is 312 g/mol. The van der Waals surface area contributed by atoms with E-state index >= 15 is 0 Å². The fraction of sp³-hybridized carbons (Fsp3) is 0.316. The van der Waals surface area contributed by atoms with Crippen molar-refractivity contribution in [1.82, 2.24) is 0 Å². The molecule has 3 rings (SSSR count). The maximum Gasteiger partial charge on any atom is 0.180 e. The molecule has 2 nitrogen and oxygen atoms in total. The molecule has 0 aromatic heterocycles. The minimum atomic E-state index is -0.688. The van der Waals surface area contributed by atoms with Crippen LogP contribution in [0, 0.1) is 0 Å². The molecule has 22 heavy (non-hydrogen) atoms. The number of benzene rings is 2. The molecule has 3 atom stereocenters. The third-order valence-corrected chi connectivity index (χ3v) is 5.51. The van der Waals surface area contributed by atoms with Crippen LogP contribution in [-0.2, 0) is 9.53 Å². The van der Waals surface area contributed by atoms with Crippen LogP contribution in [0.2, 0.25) is 0 Å². The van der Waals surface area contributed by atoms with Gasteiger partial charge in [0.1, 0.15) is 17.0 Å². The van der Waals surface area contributed by atoms with Crippen molar-refractivity contribution >= 4 is 17.5 Å². The van der Waals surface area contributed by atoms with E-state index in [0.29, 0.717) is 6.42 Å². The Hall–Kier alpha value is -1.58. The maximum absolute atomic E-state index is 12.9. The number of Topliss-reactive ketones (excluding diaryl/α,β-unsaturated/α-hetero) is 1. The molecule has 1 aliphatic rings. The molecule has 1 unspecified atom stereocenters. The van der Waals surface area contributed by atoms with E-state index < -0.39 is 5.60 Å². The summed E-state index contributed by atoms with van der Waals surface area (Å²) in [5.41, 5.74) is 0.383. The van der Waals surface area contributed by atoms with Crippen LogP contribution in [-0.4, -0.2) is 16.6 Å². The smallest absolute Gasteiger partial charge is 0.180 e. The summed E-state index contributed by atoms with van der Waals surface area (Å²) in [6.07, 6.45) is 0.505. The summed E-state index contributed by atoms with van der Waals surface area (Å²) in [7, 11) is 0. The lowest BCUT2D eigenvalue weighted by Crippen LogP contribution is -2.33. The zero-order chi connectivity index (χ0) is 15.6. The van der Waals surface area contributed by atoms with Gasteiger partial charge in [0.2, 0.25) is 0 Å². The molecule has 0 amide bonds. The topological polar surface area (TPSA) is 26.3 Å². The summed E-state index contributed by atoms with van der Waals surface area (Å²) in [6.45, 7) is 3.92. The largest absolute Gasteiger partial charge is 0.358 e. The van der Waals surface area contributed by atoms with E-state index in [1.807, 2.05) is 74.5 Å². The molecular formula is C19H20O2S. The number of carbonyl (C=O) groups is 1. The molecule has 2 aromatic rings. The van der Waals surface area contributed by atoms with Gasteiger partial charge >= 0.3 is 0 Å². The van der Waals surface area contributed by atoms with Crippen LogP contribution < -0.4 is 0 Å². The van der Waals surface area contributed by atoms with Crippen LogP contribution in [0.15, 0.2) is 65.6 Å². The van der Waals surface area contributed by atoms with E-state index in [4.69, 9.17) is 4.74 Å². The maximum atomic E-state index is 12.9.